The second-order valence-electron chi connectivity index (χ2n) is 6.44. The van der Waals surface area contributed by atoms with E-state index in [0.717, 1.165) is 6.04 Å². The number of hydrogen-bond donors (Lipinski definition) is 1. The number of amidine groups is 1. The molecular weight excluding hydrogens is 242 g/mol. The van der Waals surface area contributed by atoms with Crippen molar-refractivity contribution in [3.05, 3.63) is 0 Å². The molecule has 1 saturated carbocycles. The zero-order valence-electron chi connectivity index (χ0n) is 11.0. The van der Waals surface area contributed by atoms with Crippen LogP contribution in [0.25, 0.3) is 0 Å². The molecule has 0 aromatic carbocycles. The lowest BCUT2D eigenvalue weighted by Gasteiger charge is -2.22. The molecule has 3 aliphatic heterocycles. The van der Waals surface area contributed by atoms with Crippen molar-refractivity contribution in [3.63, 3.8) is 0 Å². The normalized spacial score (nSPS) is 40.8. The molecule has 4 aliphatic rings. The Kier molecular flexibility index (Phi) is 2.84. The molecule has 3 saturated heterocycles. The molecule has 1 aliphatic carbocycles. The van der Waals surface area contributed by atoms with Crippen LogP contribution in [0.3, 0.4) is 0 Å². The quantitative estimate of drug-likeness (QED) is 0.788. The summed E-state index contributed by atoms with van der Waals surface area (Å²) in [4.78, 5) is 7.72. The van der Waals surface area contributed by atoms with Crippen LogP contribution in [0.4, 0.5) is 0 Å². The van der Waals surface area contributed by atoms with Crippen LogP contribution >= 0.6 is 11.8 Å². The maximum atomic E-state index is 5.06. The van der Waals surface area contributed by atoms with Crippen LogP contribution in [0, 0.1) is 0 Å². The van der Waals surface area contributed by atoms with E-state index in [1.807, 2.05) is 11.8 Å². The highest BCUT2D eigenvalue weighted by Gasteiger charge is 2.41. The monoisotopic (exact) mass is 265 g/mol. The summed E-state index contributed by atoms with van der Waals surface area (Å²) in [6, 6.07) is 1.35. The van der Waals surface area contributed by atoms with Gasteiger partial charge in [-0.1, -0.05) is 24.6 Å². The molecule has 4 fully saturated rings. The Hall–Kier alpha value is -0.220. The summed E-state index contributed by atoms with van der Waals surface area (Å²) in [6.07, 6.45) is 9.57. The number of nitrogens with one attached hydrogen (secondary N) is 1. The molecule has 4 heteroatoms. The van der Waals surface area contributed by atoms with E-state index < -0.39 is 0 Å². The average Bonchev–Trinajstić information content (AvgIpc) is 3.09. The molecule has 0 bridgehead atoms. The third-order valence-corrected chi connectivity index (χ3v) is 6.45. The summed E-state index contributed by atoms with van der Waals surface area (Å²) in [5.41, 5.74) is 0.428. The summed E-state index contributed by atoms with van der Waals surface area (Å²) in [5.74, 6) is 1.26. The Labute approximate surface area is 114 Å². The van der Waals surface area contributed by atoms with Gasteiger partial charge in [-0.25, -0.2) is 0 Å². The molecule has 4 rings (SSSR count). The lowest BCUT2D eigenvalue weighted by atomic mass is 10.0. The molecule has 3 nitrogen and oxygen atoms in total. The van der Waals surface area contributed by atoms with E-state index in [0.29, 0.717) is 11.6 Å². The number of hydrogen-bond acceptors (Lipinski definition) is 3. The first-order valence-electron chi connectivity index (χ1n) is 7.58. The number of fused-ring (bicyclic) bond motifs is 1. The highest BCUT2D eigenvalue weighted by atomic mass is 32.2. The summed E-state index contributed by atoms with van der Waals surface area (Å²) in [5, 5.41) is 5.03. The largest absolute Gasteiger partial charge is 0.359 e. The van der Waals surface area contributed by atoms with Crippen LogP contribution < -0.4 is 5.32 Å². The van der Waals surface area contributed by atoms with Gasteiger partial charge in [0.2, 0.25) is 0 Å². The topological polar surface area (TPSA) is 27.6 Å². The predicted octanol–water partition coefficient (Wildman–Crippen LogP) is 2.23. The zero-order chi connectivity index (χ0) is 12.0. The molecule has 18 heavy (non-hydrogen) atoms. The van der Waals surface area contributed by atoms with Crippen molar-refractivity contribution < 1.29 is 0 Å². The molecule has 3 heterocycles. The minimum absolute atomic E-state index is 0.428. The Morgan fingerprint density at radius 3 is 2.94 bits per heavy atom. The average molecular weight is 265 g/mol. The second kappa shape index (κ2) is 4.41. The van der Waals surface area contributed by atoms with E-state index in [1.165, 1.54) is 69.0 Å². The Morgan fingerprint density at radius 2 is 2.06 bits per heavy atom. The lowest BCUT2D eigenvalue weighted by molar-refractivity contribution is 0.314. The zero-order valence-corrected chi connectivity index (χ0v) is 11.8. The van der Waals surface area contributed by atoms with E-state index in [1.54, 1.807) is 0 Å². The van der Waals surface area contributed by atoms with Crippen LogP contribution in [0.15, 0.2) is 4.99 Å². The van der Waals surface area contributed by atoms with Gasteiger partial charge in [0.05, 0.1) is 6.04 Å². The molecule has 0 aromatic heterocycles. The van der Waals surface area contributed by atoms with Gasteiger partial charge in [-0.3, -0.25) is 9.89 Å². The molecule has 2 unspecified atom stereocenters. The molecule has 100 valence electrons. The standard InChI is InChI=1S/C14H23N3S/c1-2-7-14(6-1)10-18-13(16-14)15-11-5-9-17-8-3-4-12(11)17/h11-12H,1-10H2,(H,15,16). The summed E-state index contributed by atoms with van der Waals surface area (Å²) >= 11 is 1.98. The molecule has 1 spiro atoms. The number of nitrogens with zero attached hydrogens (tertiary/aromatic N) is 2. The summed E-state index contributed by atoms with van der Waals surface area (Å²) < 4.78 is 0. The van der Waals surface area contributed by atoms with Gasteiger partial charge in [-0.05, 0) is 38.6 Å². The van der Waals surface area contributed by atoms with Gasteiger partial charge in [0.15, 0.2) is 5.17 Å². The van der Waals surface area contributed by atoms with E-state index in [9.17, 15) is 0 Å². The Bertz CT molecular complexity index is 362. The van der Waals surface area contributed by atoms with Gasteiger partial charge in [-0.2, -0.15) is 0 Å². The fourth-order valence-corrected chi connectivity index (χ4v) is 5.53. The van der Waals surface area contributed by atoms with Gasteiger partial charge < -0.3 is 5.32 Å². The van der Waals surface area contributed by atoms with Crippen LogP contribution in [-0.4, -0.2) is 46.5 Å². The summed E-state index contributed by atoms with van der Waals surface area (Å²) in [7, 11) is 0. The smallest absolute Gasteiger partial charge is 0.157 e. The van der Waals surface area contributed by atoms with Crippen molar-refractivity contribution in [1.29, 1.82) is 0 Å². The maximum absolute atomic E-state index is 5.06. The molecule has 0 aromatic rings. The third-order valence-electron chi connectivity index (χ3n) is 5.27. The molecule has 0 radical (unpaired) electrons. The molecule has 2 atom stereocenters. The number of rotatable bonds is 1. The molecule has 0 amide bonds. The Morgan fingerprint density at radius 1 is 1.17 bits per heavy atom. The third kappa shape index (κ3) is 1.88. The highest BCUT2D eigenvalue weighted by molar-refractivity contribution is 8.14. The fourth-order valence-electron chi connectivity index (χ4n) is 4.25. The predicted molar refractivity (Wildman–Crippen MR) is 77.2 cm³/mol. The van der Waals surface area contributed by atoms with Crippen LogP contribution in [0.5, 0.6) is 0 Å². The van der Waals surface area contributed by atoms with Crippen LogP contribution in [0.1, 0.15) is 44.9 Å². The minimum atomic E-state index is 0.428. The maximum Gasteiger partial charge on any atom is 0.157 e. The SMILES string of the molecule is C1CC2C(N=C3NC4(CCCC4)CS3)CCN2C1. The van der Waals surface area contributed by atoms with E-state index in [2.05, 4.69) is 10.2 Å². The van der Waals surface area contributed by atoms with Crippen LogP contribution in [0.2, 0.25) is 0 Å². The first kappa shape index (κ1) is 11.6. The van der Waals surface area contributed by atoms with Gasteiger partial charge in [-0.15, -0.1) is 0 Å². The Balaban J connectivity index is 1.46. The van der Waals surface area contributed by atoms with Gasteiger partial charge in [0.25, 0.3) is 0 Å². The van der Waals surface area contributed by atoms with Gasteiger partial charge in [0, 0.05) is 23.9 Å². The van der Waals surface area contributed by atoms with Crippen molar-refractivity contribution in [2.45, 2.75) is 62.6 Å². The number of aliphatic imine (C=N–C) groups is 1. The van der Waals surface area contributed by atoms with Crippen molar-refractivity contribution in [2.75, 3.05) is 18.8 Å². The number of thioether (sulfide) groups is 1. The van der Waals surface area contributed by atoms with E-state index in [-0.39, 0.29) is 0 Å². The fraction of sp³-hybridized carbons (Fsp3) is 0.929. The van der Waals surface area contributed by atoms with E-state index >= 15 is 0 Å². The van der Waals surface area contributed by atoms with Gasteiger partial charge >= 0.3 is 0 Å². The highest BCUT2D eigenvalue weighted by Crippen LogP contribution is 2.38. The van der Waals surface area contributed by atoms with E-state index in [4.69, 9.17) is 4.99 Å². The first-order chi connectivity index (χ1) is 8.85. The molecule has 1 N–H and O–H groups in total. The second-order valence-corrected chi connectivity index (χ2v) is 7.40. The summed E-state index contributed by atoms with van der Waals surface area (Å²) in [6.45, 7) is 2.60. The van der Waals surface area contributed by atoms with Crippen molar-refractivity contribution in [2.24, 2.45) is 4.99 Å². The van der Waals surface area contributed by atoms with Crippen molar-refractivity contribution in [1.82, 2.24) is 10.2 Å². The minimum Gasteiger partial charge on any atom is -0.359 e. The lowest BCUT2D eigenvalue weighted by Crippen LogP contribution is -2.41. The first-order valence-corrected chi connectivity index (χ1v) is 8.56. The van der Waals surface area contributed by atoms with Crippen molar-refractivity contribution in [3.8, 4) is 0 Å². The van der Waals surface area contributed by atoms with Crippen LogP contribution in [-0.2, 0) is 0 Å². The van der Waals surface area contributed by atoms with Gasteiger partial charge in [0.1, 0.15) is 0 Å². The van der Waals surface area contributed by atoms with Crippen molar-refractivity contribution >= 4 is 16.9 Å². The molecular formula is C14H23N3S.